The number of hydrogen-bond donors (Lipinski definition) is 1. The zero-order valence-electron chi connectivity index (χ0n) is 13.6. The van der Waals surface area contributed by atoms with E-state index in [1.807, 2.05) is 0 Å². The van der Waals surface area contributed by atoms with Crippen molar-refractivity contribution in [2.75, 3.05) is 6.54 Å². The van der Waals surface area contributed by atoms with Gasteiger partial charge in [-0.2, -0.15) is 5.10 Å². The van der Waals surface area contributed by atoms with Crippen molar-refractivity contribution in [3.8, 4) is 0 Å². The minimum atomic E-state index is -0.442. The van der Waals surface area contributed by atoms with E-state index in [1.165, 1.54) is 15.3 Å². The van der Waals surface area contributed by atoms with Crippen molar-refractivity contribution < 1.29 is 4.79 Å². The van der Waals surface area contributed by atoms with Gasteiger partial charge in [-0.05, 0) is 43.4 Å². The van der Waals surface area contributed by atoms with Gasteiger partial charge in [-0.1, -0.05) is 0 Å². The van der Waals surface area contributed by atoms with Gasteiger partial charge in [0.05, 0.1) is 12.2 Å². The molecule has 1 aliphatic carbocycles. The Balaban J connectivity index is 1.66. The van der Waals surface area contributed by atoms with E-state index in [4.69, 9.17) is 0 Å². The number of pyridine rings is 1. The number of amides is 1. The largest absolute Gasteiger partial charge is 0.350 e. The highest BCUT2D eigenvalue weighted by Crippen LogP contribution is 2.16. The van der Waals surface area contributed by atoms with E-state index in [-0.39, 0.29) is 29.8 Å². The van der Waals surface area contributed by atoms with Gasteiger partial charge in [0.15, 0.2) is 0 Å². The minimum absolute atomic E-state index is 0.0887. The van der Waals surface area contributed by atoms with Crippen molar-refractivity contribution in [1.82, 2.24) is 19.7 Å². The second-order valence-corrected chi connectivity index (χ2v) is 5.98. The Hall–Kier alpha value is -2.70. The molecule has 0 spiro atoms. The fourth-order valence-electron chi connectivity index (χ4n) is 2.90. The Morgan fingerprint density at radius 3 is 2.92 bits per heavy atom. The molecule has 0 bridgehead atoms. The van der Waals surface area contributed by atoms with Crippen LogP contribution in [0.15, 0.2) is 34.0 Å². The third-order valence-corrected chi connectivity index (χ3v) is 4.25. The zero-order valence-corrected chi connectivity index (χ0v) is 13.6. The molecule has 0 aromatic carbocycles. The van der Waals surface area contributed by atoms with Crippen molar-refractivity contribution in [1.29, 1.82) is 0 Å². The third-order valence-electron chi connectivity index (χ3n) is 4.25. The summed E-state index contributed by atoms with van der Waals surface area (Å²) in [7, 11) is 1.59. The third kappa shape index (κ3) is 3.29. The van der Waals surface area contributed by atoms with Crippen LogP contribution in [0, 0.1) is 0 Å². The van der Waals surface area contributed by atoms with Gasteiger partial charge >= 0.3 is 0 Å². The van der Waals surface area contributed by atoms with Crippen molar-refractivity contribution in [2.24, 2.45) is 7.05 Å². The van der Waals surface area contributed by atoms with Crippen LogP contribution in [-0.4, -0.2) is 26.8 Å². The van der Waals surface area contributed by atoms with E-state index < -0.39 is 5.91 Å². The number of nitrogens with one attached hydrogen (secondary N) is 1. The van der Waals surface area contributed by atoms with E-state index in [2.05, 4.69) is 10.4 Å². The molecule has 2 aromatic rings. The van der Waals surface area contributed by atoms with Crippen LogP contribution in [0.3, 0.4) is 0 Å². The van der Waals surface area contributed by atoms with Crippen LogP contribution >= 0.6 is 0 Å². The average Bonchev–Trinajstić information content (AvgIpc) is 2.57. The Morgan fingerprint density at radius 2 is 2.08 bits per heavy atom. The summed E-state index contributed by atoms with van der Waals surface area (Å²) in [5.41, 5.74) is 1.61. The number of carbonyl (C=O) groups excluding carboxylic acids is 1. The molecule has 2 aromatic heterocycles. The fourth-order valence-corrected chi connectivity index (χ4v) is 2.90. The second-order valence-electron chi connectivity index (χ2n) is 5.98. The lowest BCUT2D eigenvalue weighted by Gasteiger charge is -2.16. The van der Waals surface area contributed by atoms with Crippen molar-refractivity contribution >= 4 is 5.91 Å². The first-order valence-corrected chi connectivity index (χ1v) is 8.10. The molecule has 7 heteroatoms. The molecular weight excluding hydrogens is 308 g/mol. The average molecular weight is 328 g/mol. The molecule has 24 heavy (non-hydrogen) atoms. The molecule has 1 N–H and O–H groups in total. The lowest BCUT2D eigenvalue weighted by Crippen LogP contribution is -2.36. The summed E-state index contributed by atoms with van der Waals surface area (Å²) in [5, 5.41) is 7.07. The molecule has 1 amide bonds. The van der Waals surface area contributed by atoms with Crippen LogP contribution < -0.4 is 16.4 Å². The molecule has 0 unspecified atom stereocenters. The number of fused-ring (bicyclic) bond motifs is 1. The maximum atomic E-state index is 12.1. The lowest BCUT2D eigenvalue weighted by atomic mass is 9.97. The summed E-state index contributed by atoms with van der Waals surface area (Å²) in [6, 6.07) is 4.78. The van der Waals surface area contributed by atoms with Gasteiger partial charge in [0.25, 0.3) is 17.0 Å². The van der Waals surface area contributed by atoms with Crippen LogP contribution in [0.25, 0.3) is 0 Å². The van der Waals surface area contributed by atoms with Gasteiger partial charge in [-0.3, -0.25) is 14.4 Å². The molecule has 0 fully saturated rings. The molecule has 0 aliphatic heterocycles. The molecular formula is C17H20N4O3. The summed E-state index contributed by atoms with van der Waals surface area (Å²) in [5.74, 6) is -0.442. The number of nitrogens with zero attached hydrogens (tertiary/aromatic N) is 3. The first kappa shape index (κ1) is 16.2. The minimum Gasteiger partial charge on any atom is -0.350 e. The number of carbonyl (C=O) groups is 1. The first-order valence-electron chi connectivity index (χ1n) is 8.10. The van der Waals surface area contributed by atoms with E-state index >= 15 is 0 Å². The summed E-state index contributed by atoms with van der Waals surface area (Å²) in [6.45, 7) is 0.521. The predicted octanol–water partition coefficient (Wildman–Crippen LogP) is 0.251. The number of aryl methyl sites for hydroxylation is 3. The highest BCUT2D eigenvalue weighted by molar-refractivity contribution is 5.93. The molecule has 0 radical (unpaired) electrons. The predicted molar refractivity (Wildman–Crippen MR) is 89.2 cm³/mol. The van der Waals surface area contributed by atoms with Crippen LogP contribution in [0.4, 0.5) is 0 Å². The number of rotatable bonds is 4. The van der Waals surface area contributed by atoms with Gasteiger partial charge in [0, 0.05) is 25.9 Å². The molecule has 0 saturated carbocycles. The molecule has 1 aliphatic rings. The monoisotopic (exact) mass is 328 g/mol. The zero-order chi connectivity index (χ0) is 17.1. The van der Waals surface area contributed by atoms with Gasteiger partial charge in [0.1, 0.15) is 5.56 Å². The standard InChI is InChI=1S/C17H20N4O3/c1-20-9-4-6-13(17(20)24)16(23)18-8-10-21-15(22)11-12-5-2-3-7-14(12)19-21/h4,6,9,11H,2-3,5,7-8,10H2,1H3,(H,18,23). The van der Waals surface area contributed by atoms with Crippen LogP contribution in [-0.2, 0) is 26.4 Å². The van der Waals surface area contributed by atoms with Crippen molar-refractivity contribution in [3.05, 3.63) is 61.9 Å². The van der Waals surface area contributed by atoms with Gasteiger partial charge in [-0.25, -0.2) is 4.68 Å². The summed E-state index contributed by atoms with van der Waals surface area (Å²) in [4.78, 5) is 36.1. The molecule has 3 rings (SSSR count). The molecule has 2 heterocycles. The lowest BCUT2D eigenvalue weighted by molar-refractivity contribution is 0.0949. The van der Waals surface area contributed by atoms with E-state index in [9.17, 15) is 14.4 Å². The maximum absolute atomic E-state index is 12.1. The highest BCUT2D eigenvalue weighted by atomic mass is 16.2. The van der Waals surface area contributed by atoms with Crippen LogP contribution in [0.1, 0.15) is 34.5 Å². The quantitative estimate of drug-likeness (QED) is 0.872. The van der Waals surface area contributed by atoms with Gasteiger partial charge in [0.2, 0.25) is 0 Å². The van der Waals surface area contributed by atoms with Crippen LogP contribution in [0.5, 0.6) is 0 Å². The molecule has 0 atom stereocenters. The second kappa shape index (κ2) is 6.82. The van der Waals surface area contributed by atoms with E-state index in [0.29, 0.717) is 0 Å². The Labute approximate surface area is 138 Å². The topological polar surface area (TPSA) is 86.0 Å². The van der Waals surface area contributed by atoms with Gasteiger partial charge < -0.3 is 9.88 Å². The smallest absolute Gasteiger partial charge is 0.267 e. The first-order chi connectivity index (χ1) is 11.6. The van der Waals surface area contributed by atoms with Crippen molar-refractivity contribution in [2.45, 2.75) is 32.2 Å². The number of hydrogen-bond acceptors (Lipinski definition) is 4. The van der Waals surface area contributed by atoms with Crippen LogP contribution in [0.2, 0.25) is 0 Å². The Kier molecular flexibility index (Phi) is 4.59. The Bertz CT molecular complexity index is 882. The fraction of sp³-hybridized carbons (Fsp3) is 0.412. The molecule has 7 nitrogen and oxygen atoms in total. The highest BCUT2D eigenvalue weighted by Gasteiger charge is 2.14. The van der Waals surface area contributed by atoms with E-state index in [0.717, 1.165) is 36.9 Å². The summed E-state index contributed by atoms with van der Waals surface area (Å²) >= 11 is 0. The summed E-state index contributed by atoms with van der Waals surface area (Å²) in [6.07, 6.45) is 5.58. The Morgan fingerprint density at radius 1 is 1.29 bits per heavy atom. The normalized spacial score (nSPS) is 13.4. The summed E-state index contributed by atoms with van der Waals surface area (Å²) < 4.78 is 2.73. The van der Waals surface area contributed by atoms with Gasteiger partial charge in [-0.15, -0.1) is 0 Å². The number of aromatic nitrogens is 3. The molecule has 126 valence electrons. The van der Waals surface area contributed by atoms with Crippen molar-refractivity contribution in [3.63, 3.8) is 0 Å². The van der Waals surface area contributed by atoms with E-state index in [1.54, 1.807) is 25.4 Å². The maximum Gasteiger partial charge on any atom is 0.267 e. The molecule has 0 saturated heterocycles. The SMILES string of the molecule is Cn1cccc(C(=O)NCCn2nc3c(cc2=O)CCCC3)c1=O.